The molecule has 4 rings (SSSR count). The third-order valence-corrected chi connectivity index (χ3v) is 4.48. The minimum atomic E-state index is 0.451. The Balaban J connectivity index is 1.70. The fraction of sp³-hybridized carbons (Fsp3) is 0.412. The van der Waals surface area contributed by atoms with Crippen LogP contribution in [0.5, 0.6) is 0 Å². The zero-order valence-corrected chi connectivity index (χ0v) is 14.0. The molecule has 3 heterocycles. The number of aryl methyl sites for hydroxylation is 1. The first kappa shape index (κ1) is 15.0. The number of piperazine rings is 1. The highest BCUT2D eigenvalue weighted by Gasteiger charge is 2.18. The van der Waals surface area contributed by atoms with Gasteiger partial charge in [0, 0.05) is 42.3 Å². The third kappa shape index (κ3) is 2.71. The predicted molar refractivity (Wildman–Crippen MR) is 94.0 cm³/mol. The van der Waals surface area contributed by atoms with Crippen molar-refractivity contribution in [3.8, 4) is 11.4 Å². The van der Waals surface area contributed by atoms with Gasteiger partial charge in [-0.15, -0.1) is 5.10 Å². The Morgan fingerprint density at radius 2 is 2.25 bits per heavy atom. The van der Waals surface area contributed by atoms with Crippen LogP contribution in [0.3, 0.4) is 0 Å². The molecule has 1 saturated heterocycles. The average molecular weight is 323 g/mol. The van der Waals surface area contributed by atoms with Crippen LogP contribution in [0.15, 0.2) is 24.4 Å². The van der Waals surface area contributed by atoms with Crippen LogP contribution < -0.4 is 10.2 Å². The molecule has 0 saturated carbocycles. The zero-order chi connectivity index (χ0) is 16.5. The van der Waals surface area contributed by atoms with Crippen molar-refractivity contribution in [1.29, 1.82) is 0 Å². The Kier molecular flexibility index (Phi) is 3.86. The van der Waals surface area contributed by atoms with Crippen LogP contribution >= 0.6 is 0 Å². The fourth-order valence-electron chi connectivity index (χ4n) is 3.18. The van der Waals surface area contributed by atoms with Crippen molar-refractivity contribution < 1.29 is 0 Å². The van der Waals surface area contributed by atoms with E-state index in [-0.39, 0.29) is 0 Å². The first-order chi connectivity index (χ1) is 11.7. The summed E-state index contributed by atoms with van der Waals surface area (Å²) in [5, 5.41) is 20.4. The molecule has 124 valence electrons. The highest BCUT2D eigenvalue weighted by molar-refractivity contribution is 5.85. The molecule has 2 N–H and O–H groups in total. The van der Waals surface area contributed by atoms with Crippen molar-refractivity contribution in [2.24, 2.45) is 0 Å². The van der Waals surface area contributed by atoms with Gasteiger partial charge in [-0.25, -0.2) is 4.98 Å². The molecule has 1 aliphatic heterocycles. The molecule has 3 aromatic rings. The second kappa shape index (κ2) is 6.16. The summed E-state index contributed by atoms with van der Waals surface area (Å²) in [5.74, 6) is 1.54. The summed E-state index contributed by atoms with van der Waals surface area (Å²) in [6, 6.07) is 6.55. The maximum Gasteiger partial charge on any atom is 0.183 e. The molecule has 1 aliphatic rings. The summed E-state index contributed by atoms with van der Waals surface area (Å²) in [7, 11) is 0. The molecule has 0 aliphatic carbocycles. The van der Waals surface area contributed by atoms with Crippen LogP contribution in [0.2, 0.25) is 0 Å². The second-order valence-corrected chi connectivity index (χ2v) is 6.23. The summed E-state index contributed by atoms with van der Waals surface area (Å²) >= 11 is 0. The number of hydrogen-bond donors (Lipinski definition) is 2. The lowest BCUT2D eigenvalue weighted by atomic mass is 10.1. The van der Waals surface area contributed by atoms with E-state index in [1.54, 1.807) is 6.20 Å². The van der Waals surface area contributed by atoms with Gasteiger partial charge in [0.05, 0.1) is 11.7 Å². The molecular formula is C17H21N7. The fourth-order valence-corrected chi connectivity index (χ4v) is 3.18. The maximum atomic E-state index is 4.74. The first-order valence-electron chi connectivity index (χ1n) is 8.40. The molecule has 1 atom stereocenters. The minimum Gasteiger partial charge on any atom is -0.352 e. The molecule has 2 aromatic heterocycles. The number of aromatic nitrogens is 5. The molecule has 7 heteroatoms. The van der Waals surface area contributed by atoms with Crippen LogP contribution in [0.25, 0.3) is 22.3 Å². The predicted octanol–water partition coefficient (Wildman–Crippen LogP) is 1.78. The Morgan fingerprint density at radius 1 is 1.33 bits per heavy atom. The highest BCUT2D eigenvalue weighted by Crippen LogP contribution is 2.24. The van der Waals surface area contributed by atoms with Gasteiger partial charge in [0.25, 0.3) is 0 Å². The lowest BCUT2D eigenvalue weighted by molar-refractivity contribution is 0.481. The van der Waals surface area contributed by atoms with Gasteiger partial charge in [-0.1, -0.05) is 6.92 Å². The van der Waals surface area contributed by atoms with E-state index in [0.29, 0.717) is 11.9 Å². The van der Waals surface area contributed by atoms with Gasteiger partial charge in [0.15, 0.2) is 11.6 Å². The van der Waals surface area contributed by atoms with E-state index < -0.39 is 0 Å². The smallest absolute Gasteiger partial charge is 0.183 e. The molecule has 0 amide bonds. The second-order valence-electron chi connectivity index (χ2n) is 6.23. The number of nitrogens with one attached hydrogen (secondary N) is 2. The summed E-state index contributed by atoms with van der Waals surface area (Å²) in [5.41, 5.74) is 3.07. The Labute approximate surface area is 140 Å². The Hall–Kier alpha value is -2.54. The van der Waals surface area contributed by atoms with Gasteiger partial charge in [-0.3, -0.25) is 5.10 Å². The lowest BCUT2D eigenvalue weighted by Gasteiger charge is -2.32. The van der Waals surface area contributed by atoms with Gasteiger partial charge < -0.3 is 10.2 Å². The van der Waals surface area contributed by atoms with Gasteiger partial charge >= 0.3 is 0 Å². The van der Waals surface area contributed by atoms with Crippen LogP contribution in [0.1, 0.15) is 19.5 Å². The Bertz CT molecular complexity index is 857. The van der Waals surface area contributed by atoms with Crippen molar-refractivity contribution in [3.05, 3.63) is 30.1 Å². The molecule has 7 nitrogen and oxygen atoms in total. The normalized spacial score (nSPS) is 18.2. The van der Waals surface area contributed by atoms with Crippen molar-refractivity contribution in [1.82, 2.24) is 30.7 Å². The average Bonchev–Trinajstić information content (AvgIpc) is 3.04. The lowest BCUT2D eigenvalue weighted by Crippen LogP contribution is -2.49. The van der Waals surface area contributed by atoms with Gasteiger partial charge in [-0.05, 0) is 31.5 Å². The van der Waals surface area contributed by atoms with Crippen molar-refractivity contribution >= 4 is 16.7 Å². The number of anilines is 1. The standard InChI is InChI=1S/C17H21N7/c1-3-14-13-8-12(4-5-15(13)22-21-14)17-20-16(9-19-23-17)24-7-6-18-11(2)10-24/h4-5,8-9,11,18H,3,6-7,10H2,1-2H3,(H,21,22)/t11-/m0/s1. The Morgan fingerprint density at radius 3 is 3.08 bits per heavy atom. The van der Waals surface area contributed by atoms with Gasteiger partial charge in [-0.2, -0.15) is 10.2 Å². The van der Waals surface area contributed by atoms with Crippen LogP contribution in [-0.4, -0.2) is 51.1 Å². The van der Waals surface area contributed by atoms with Crippen LogP contribution in [0, 0.1) is 0 Å². The van der Waals surface area contributed by atoms with Crippen molar-refractivity contribution in [2.45, 2.75) is 26.3 Å². The van der Waals surface area contributed by atoms with E-state index in [2.05, 4.69) is 50.5 Å². The molecule has 0 bridgehead atoms. The summed E-state index contributed by atoms with van der Waals surface area (Å²) in [4.78, 5) is 7.00. The van der Waals surface area contributed by atoms with E-state index in [4.69, 9.17) is 4.98 Å². The van der Waals surface area contributed by atoms with Gasteiger partial charge in [0.1, 0.15) is 0 Å². The zero-order valence-electron chi connectivity index (χ0n) is 14.0. The van der Waals surface area contributed by atoms with Crippen molar-refractivity contribution in [3.63, 3.8) is 0 Å². The quantitative estimate of drug-likeness (QED) is 0.764. The topological polar surface area (TPSA) is 82.6 Å². The monoisotopic (exact) mass is 323 g/mol. The number of benzene rings is 1. The number of nitrogens with zero attached hydrogens (tertiary/aromatic N) is 5. The highest BCUT2D eigenvalue weighted by atomic mass is 15.3. The molecule has 0 unspecified atom stereocenters. The van der Waals surface area contributed by atoms with Gasteiger partial charge in [0.2, 0.25) is 0 Å². The maximum absolute atomic E-state index is 4.74. The van der Waals surface area contributed by atoms with E-state index >= 15 is 0 Å². The molecule has 1 fully saturated rings. The van der Waals surface area contributed by atoms with E-state index in [1.807, 2.05) is 12.1 Å². The minimum absolute atomic E-state index is 0.451. The molecule has 0 spiro atoms. The number of H-pyrrole nitrogens is 1. The molecule has 0 radical (unpaired) electrons. The first-order valence-corrected chi connectivity index (χ1v) is 8.40. The van der Waals surface area contributed by atoms with Crippen LogP contribution in [-0.2, 0) is 6.42 Å². The molecular weight excluding hydrogens is 302 g/mol. The summed E-state index contributed by atoms with van der Waals surface area (Å²) in [6.07, 6.45) is 2.66. The number of rotatable bonds is 3. The van der Waals surface area contributed by atoms with E-state index in [9.17, 15) is 0 Å². The van der Waals surface area contributed by atoms with Crippen LogP contribution in [0.4, 0.5) is 5.82 Å². The molecule has 1 aromatic carbocycles. The largest absolute Gasteiger partial charge is 0.352 e. The third-order valence-electron chi connectivity index (χ3n) is 4.48. The SMILES string of the molecule is CCc1[nH]nc2ccc(-c3nncc(N4CCN[C@@H](C)C4)n3)cc12. The van der Waals surface area contributed by atoms with Crippen molar-refractivity contribution in [2.75, 3.05) is 24.5 Å². The number of fused-ring (bicyclic) bond motifs is 1. The van der Waals surface area contributed by atoms with E-state index in [0.717, 1.165) is 54.0 Å². The van der Waals surface area contributed by atoms with E-state index in [1.165, 1.54) is 0 Å². The number of aromatic amines is 1. The summed E-state index contributed by atoms with van der Waals surface area (Å²) < 4.78 is 0. The summed E-state index contributed by atoms with van der Waals surface area (Å²) in [6.45, 7) is 7.12. The molecule has 24 heavy (non-hydrogen) atoms. The number of hydrogen-bond acceptors (Lipinski definition) is 6.